The molecule has 0 unspecified atom stereocenters. The first-order chi connectivity index (χ1) is 7.05. The third kappa shape index (κ3) is 4.01. The molecule has 0 saturated heterocycles. The van der Waals surface area contributed by atoms with Crippen molar-refractivity contribution in [3.05, 3.63) is 18.2 Å². The van der Waals surface area contributed by atoms with Gasteiger partial charge in [-0.2, -0.15) is 0 Å². The Morgan fingerprint density at radius 2 is 2.27 bits per heavy atom. The number of aryl methyl sites for hydroxylation is 1. The van der Waals surface area contributed by atoms with Crippen molar-refractivity contribution in [1.82, 2.24) is 14.9 Å². The summed E-state index contributed by atoms with van der Waals surface area (Å²) in [6, 6.07) is 0. The third-order valence-corrected chi connectivity index (χ3v) is 2.61. The van der Waals surface area contributed by atoms with Crippen molar-refractivity contribution in [2.45, 2.75) is 26.8 Å². The van der Waals surface area contributed by atoms with Crippen LogP contribution in [0.15, 0.2) is 12.5 Å². The van der Waals surface area contributed by atoms with Crippen molar-refractivity contribution in [2.75, 3.05) is 13.2 Å². The molecule has 4 heteroatoms. The predicted molar refractivity (Wildman–Crippen MR) is 60.4 cm³/mol. The van der Waals surface area contributed by atoms with E-state index in [1.165, 1.54) is 5.69 Å². The average Bonchev–Trinajstić information content (AvgIpc) is 2.51. The largest absolute Gasteiger partial charge is 0.396 e. The lowest BCUT2D eigenvalue weighted by Crippen LogP contribution is -2.30. The molecular weight excluding hydrogens is 190 g/mol. The normalized spacial score (nSPS) is 12.0. The van der Waals surface area contributed by atoms with Crippen molar-refractivity contribution < 1.29 is 5.11 Å². The summed E-state index contributed by atoms with van der Waals surface area (Å²) in [6.07, 6.45) is 4.49. The predicted octanol–water partition coefficient (Wildman–Crippen LogP) is 0.918. The maximum absolute atomic E-state index is 8.89. The molecule has 0 bridgehead atoms. The van der Waals surface area contributed by atoms with Crippen molar-refractivity contribution in [2.24, 2.45) is 12.5 Å². The minimum Gasteiger partial charge on any atom is -0.396 e. The molecule has 0 fully saturated rings. The molecule has 1 rings (SSSR count). The van der Waals surface area contributed by atoms with E-state index in [9.17, 15) is 0 Å². The molecule has 1 heterocycles. The quantitative estimate of drug-likeness (QED) is 0.735. The van der Waals surface area contributed by atoms with Gasteiger partial charge in [-0.25, -0.2) is 4.98 Å². The number of nitrogens with one attached hydrogen (secondary N) is 1. The zero-order valence-electron chi connectivity index (χ0n) is 9.82. The molecule has 15 heavy (non-hydrogen) atoms. The fourth-order valence-electron chi connectivity index (χ4n) is 1.47. The molecule has 0 amide bonds. The van der Waals surface area contributed by atoms with E-state index in [-0.39, 0.29) is 12.0 Å². The number of imidazole rings is 1. The summed E-state index contributed by atoms with van der Waals surface area (Å²) in [5.41, 5.74) is 1.32. The lowest BCUT2D eigenvalue weighted by molar-refractivity contribution is 0.207. The van der Waals surface area contributed by atoms with Crippen molar-refractivity contribution in [3.63, 3.8) is 0 Å². The van der Waals surface area contributed by atoms with E-state index in [0.29, 0.717) is 0 Å². The second-order valence-corrected chi connectivity index (χ2v) is 4.74. The van der Waals surface area contributed by atoms with Crippen LogP contribution in [-0.2, 0) is 13.6 Å². The van der Waals surface area contributed by atoms with Crippen LogP contribution in [0.4, 0.5) is 0 Å². The summed E-state index contributed by atoms with van der Waals surface area (Å²) in [5, 5.41) is 12.3. The van der Waals surface area contributed by atoms with Gasteiger partial charge in [-0.3, -0.25) is 0 Å². The lowest BCUT2D eigenvalue weighted by Gasteiger charge is -2.23. The first-order valence-electron chi connectivity index (χ1n) is 5.32. The lowest BCUT2D eigenvalue weighted by atomic mass is 9.90. The van der Waals surface area contributed by atoms with E-state index in [4.69, 9.17) is 5.11 Å². The highest BCUT2D eigenvalue weighted by atomic mass is 16.3. The number of hydrogen-bond acceptors (Lipinski definition) is 3. The molecule has 1 aromatic rings. The molecule has 0 atom stereocenters. The van der Waals surface area contributed by atoms with Gasteiger partial charge >= 0.3 is 0 Å². The Kier molecular flexibility index (Phi) is 4.29. The number of rotatable bonds is 6. The highest BCUT2D eigenvalue weighted by Crippen LogP contribution is 2.18. The average molecular weight is 211 g/mol. The first-order valence-corrected chi connectivity index (χ1v) is 5.32. The van der Waals surface area contributed by atoms with Crippen LogP contribution in [0, 0.1) is 5.41 Å². The molecule has 2 N–H and O–H groups in total. The number of aliphatic hydroxyl groups is 1. The molecular formula is C11H21N3O. The van der Waals surface area contributed by atoms with Gasteiger partial charge in [0.2, 0.25) is 0 Å². The van der Waals surface area contributed by atoms with Gasteiger partial charge in [-0.05, 0) is 11.8 Å². The van der Waals surface area contributed by atoms with Gasteiger partial charge in [0.25, 0.3) is 0 Å². The highest BCUT2D eigenvalue weighted by molar-refractivity contribution is 4.96. The SMILES string of the molecule is Cn1cncc1CNCC(C)(C)CCO. The summed E-state index contributed by atoms with van der Waals surface area (Å²) in [5.74, 6) is 0. The summed E-state index contributed by atoms with van der Waals surface area (Å²) in [4.78, 5) is 4.06. The van der Waals surface area contributed by atoms with E-state index in [1.54, 1.807) is 6.33 Å². The molecule has 0 aromatic carbocycles. The minimum atomic E-state index is 0.146. The fourth-order valence-corrected chi connectivity index (χ4v) is 1.47. The zero-order chi connectivity index (χ0) is 11.3. The van der Waals surface area contributed by atoms with Crippen LogP contribution in [0.5, 0.6) is 0 Å². The summed E-state index contributed by atoms with van der Waals surface area (Å²) < 4.78 is 2.01. The Morgan fingerprint density at radius 1 is 1.53 bits per heavy atom. The van der Waals surface area contributed by atoms with Gasteiger partial charge in [0.1, 0.15) is 0 Å². The molecule has 1 aromatic heterocycles. The van der Waals surface area contributed by atoms with E-state index >= 15 is 0 Å². The van der Waals surface area contributed by atoms with Crippen LogP contribution in [0.25, 0.3) is 0 Å². The van der Waals surface area contributed by atoms with Crippen molar-refractivity contribution in [1.29, 1.82) is 0 Å². The first kappa shape index (κ1) is 12.2. The topological polar surface area (TPSA) is 50.1 Å². The smallest absolute Gasteiger partial charge is 0.0945 e. The fraction of sp³-hybridized carbons (Fsp3) is 0.727. The molecule has 4 nitrogen and oxygen atoms in total. The zero-order valence-corrected chi connectivity index (χ0v) is 9.82. The second kappa shape index (κ2) is 5.28. The molecule has 0 radical (unpaired) electrons. The number of aromatic nitrogens is 2. The van der Waals surface area contributed by atoms with Crippen LogP contribution in [0.3, 0.4) is 0 Å². The maximum Gasteiger partial charge on any atom is 0.0945 e. The molecule has 0 spiro atoms. The minimum absolute atomic E-state index is 0.146. The Labute approximate surface area is 91.3 Å². The van der Waals surface area contributed by atoms with Crippen LogP contribution >= 0.6 is 0 Å². The van der Waals surface area contributed by atoms with Crippen LogP contribution < -0.4 is 5.32 Å². The van der Waals surface area contributed by atoms with Gasteiger partial charge in [-0.15, -0.1) is 0 Å². The van der Waals surface area contributed by atoms with Gasteiger partial charge < -0.3 is 15.0 Å². The van der Waals surface area contributed by atoms with E-state index < -0.39 is 0 Å². The Hall–Kier alpha value is -0.870. The summed E-state index contributed by atoms with van der Waals surface area (Å²) in [7, 11) is 1.99. The van der Waals surface area contributed by atoms with Crippen LogP contribution in [0.2, 0.25) is 0 Å². The van der Waals surface area contributed by atoms with Crippen molar-refractivity contribution in [3.8, 4) is 0 Å². The number of hydrogen-bond donors (Lipinski definition) is 2. The molecule has 86 valence electrons. The summed E-state index contributed by atoms with van der Waals surface area (Å²) in [6.45, 7) is 6.28. The number of nitrogens with zero attached hydrogens (tertiary/aromatic N) is 2. The Bertz CT molecular complexity index is 294. The number of aliphatic hydroxyl groups excluding tert-OH is 1. The van der Waals surface area contributed by atoms with Gasteiger partial charge in [0, 0.05) is 32.9 Å². The summed E-state index contributed by atoms with van der Waals surface area (Å²) >= 11 is 0. The molecule has 0 aliphatic heterocycles. The van der Waals surface area contributed by atoms with E-state index in [2.05, 4.69) is 24.1 Å². The molecule has 0 saturated carbocycles. The van der Waals surface area contributed by atoms with Crippen LogP contribution in [0.1, 0.15) is 26.0 Å². The highest BCUT2D eigenvalue weighted by Gasteiger charge is 2.16. The Balaban J connectivity index is 2.30. The second-order valence-electron chi connectivity index (χ2n) is 4.74. The van der Waals surface area contributed by atoms with Crippen molar-refractivity contribution >= 4 is 0 Å². The maximum atomic E-state index is 8.89. The third-order valence-electron chi connectivity index (χ3n) is 2.61. The van der Waals surface area contributed by atoms with E-state index in [0.717, 1.165) is 19.5 Å². The van der Waals surface area contributed by atoms with Gasteiger partial charge in [0.05, 0.1) is 12.0 Å². The Morgan fingerprint density at radius 3 is 2.80 bits per heavy atom. The molecule has 0 aliphatic rings. The van der Waals surface area contributed by atoms with E-state index in [1.807, 2.05) is 17.8 Å². The molecule has 0 aliphatic carbocycles. The standard InChI is InChI=1S/C11H21N3O/c1-11(2,4-5-15)8-12-6-10-7-13-9-14(10)3/h7,9,12,15H,4-6,8H2,1-3H3. The van der Waals surface area contributed by atoms with Crippen LogP contribution in [-0.4, -0.2) is 27.8 Å². The monoisotopic (exact) mass is 211 g/mol. The van der Waals surface area contributed by atoms with Gasteiger partial charge in [0.15, 0.2) is 0 Å². The van der Waals surface area contributed by atoms with Gasteiger partial charge in [-0.1, -0.05) is 13.8 Å².